The van der Waals surface area contributed by atoms with Crippen molar-refractivity contribution in [3.63, 3.8) is 0 Å². The molecular formula is C20H18N2O5. The van der Waals surface area contributed by atoms with E-state index in [1.807, 2.05) is 0 Å². The van der Waals surface area contributed by atoms with Gasteiger partial charge in [-0.15, -0.1) is 0 Å². The summed E-state index contributed by atoms with van der Waals surface area (Å²) >= 11 is 0. The van der Waals surface area contributed by atoms with Gasteiger partial charge in [0.25, 0.3) is 5.91 Å². The van der Waals surface area contributed by atoms with Crippen molar-refractivity contribution in [2.45, 2.75) is 6.92 Å². The normalized spacial score (nSPS) is 15.0. The number of benzene rings is 2. The van der Waals surface area contributed by atoms with Crippen LogP contribution >= 0.6 is 0 Å². The van der Waals surface area contributed by atoms with Gasteiger partial charge in [0.2, 0.25) is 0 Å². The molecule has 0 unspecified atom stereocenters. The lowest BCUT2D eigenvalue weighted by Crippen LogP contribution is -2.30. The average Bonchev–Trinajstić information content (AvgIpc) is 2.95. The first-order chi connectivity index (χ1) is 13.1. The smallest absolute Gasteiger partial charge is 0.344 e. The molecule has 1 heterocycles. The molecule has 0 aromatic heterocycles. The highest BCUT2D eigenvalue weighted by atomic mass is 16.6. The van der Waals surface area contributed by atoms with Crippen molar-refractivity contribution in [2.75, 3.05) is 18.1 Å². The summed E-state index contributed by atoms with van der Waals surface area (Å²) in [5.41, 5.74) is 1.16. The number of esters is 1. The molecular weight excluding hydrogens is 348 g/mol. The van der Waals surface area contributed by atoms with Crippen LogP contribution in [0.5, 0.6) is 5.75 Å². The SMILES string of the molecule is CCOC(=O)COc1ccccc1/C=C1/NC(=O)N(c2ccccc2)C1=O. The van der Waals surface area contributed by atoms with Crippen molar-refractivity contribution < 1.29 is 23.9 Å². The van der Waals surface area contributed by atoms with Crippen molar-refractivity contribution in [1.82, 2.24) is 5.32 Å². The number of carbonyl (C=O) groups excluding carboxylic acids is 3. The second kappa shape index (κ2) is 8.18. The van der Waals surface area contributed by atoms with Crippen LogP contribution in [-0.2, 0) is 14.3 Å². The average molecular weight is 366 g/mol. The standard InChI is InChI=1S/C20H18N2O5/c1-2-26-18(23)13-27-17-11-7-6-8-14(17)12-16-19(24)22(20(25)21-16)15-9-4-3-5-10-15/h3-12H,2,13H2,1H3,(H,21,25)/b16-12+. The molecule has 2 aromatic carbocycles. The predicted octanol–water partition coefficient (Wildman–Crippen LogP) is 2.73. The maximum Gasteiger partial charge on any atom is 0.344 e. The Bertz CT molecular complexity index is 892. The van der Waals surface area contributed by atoms with Gasteiger partial charge in [0.1, 0.15) is 11.4 Å². The van der Waals surface area contributed by atoms with Crippen LogP contribution in [0.15, 0.2) is 60.3 Å². The van der Waals surface area contributed by atoms with E-state index in [2.05, 4.69) is 5.32 Å². The largest absolute Gasteiger partial charge is 0.481 e. The number of amides is 3. The number of rotatable bonds is 6. The van der Waals surface area contributed by atoms with Gasteiger partial charge in [-0.3, -0.25) is 4.79 Å². The third-order valence-corrected chi connectivity index (χ3v) is 3.76. The monoisotopic (exact) mass is 366 g/mol. The Kier molecular flexibility index (Phi) is 5.51. The topological polar surface area (TPSA) is 84.9 Å². The van der Waals surface area contributed by atoms with Gasteiger partial charge in [0, 0.05) is 5.56 Å². The summed E-state index contributed by atoms with van der Waals surface area (Å²) in [6.45, 7) is 1.73. The fourth-order valence-corrected chi connectivity index (χ4v) is 2.57. The van der Waals surface area contributed by atoms with E-state index < -0.39 is 17.9 Å². The molecule has 0 aliphatic carbocycles. The summed E-state index contributed by atoms with van der Waals surface area (Å²) in [6.07, 6.45) is 1.52. The highest BCUT2D eigenvalue weighted by Crippen LogP contribution is 2.25. The van der Waals surface area contributed by atoms with Crippen LogP contribution in [0.1, 0.15) is 12.5 Å². The molecule has 3 rings (SSSR count). The zero-order valence-corrected chi connectivity index (χ0v) is 14.7. The highest BCUT2D eigenvalue weighted by molar-refractivity contribution is 6.28. The van der Waals surface area contributed by atoms with Gasteiger partial charge >= 0.3 is 12.0 Å². The molecule has 0 radical (unpaired) electrons. The van der Waals surface area contributed by atoms with E-state index in [-0.39, 0.29) is 18.9 Å². The number of imide groups is 1. The minimum atomic E-state index is -0.526. The second-order valence-corrected chi connectivity index (χ2v) is 5.60. The molecule has 1 fully saturated rings. The fourth-order valence-electron chi connectivity index (χ4n) is 2.57. The Morgan fingerprint density at radius 3 is 2.52 bits per heavy atom. The third-order valence-electron chi connectivity index (χ3n) is 3.76. The van der Waals surface area contributed by atoms with E-state index >= 15 is 0 Å². The van der Waals surface area contributed by atoms with Gasteiger partial charge in [-0.1, -0.05) is 36.4 Å². The number of carbonyl (C=O) groups is 3. The minimum Gasteiger partial charge on any atom is -0.481 e. The number of hydrogen-bond donors (Lipinski definition) is 1. The lowest BCUT2D eigenvalue weighted by molar-refractivity contribution is -0.145. The molecule has 0 atom stereocenters. The predicted molar refractivity (Wildman–Crippen MR) is 99.0 cm³/mol. The first kappa shape index (κ1) is 18.2. The molecule has 2 aromatic rings. The van der Waals surface area contributed by atoms with Crippen LogP contribution in [0.4, 0.5) is 10.5 Å². The molecule has 138 valence electrons. The Hall–Kier alpha value is -3.61. The molecule has 7 heteroatoms. The molecule has 1 saturated heterocycles. The number of anilines is 1. The van der Waals surface area contributed by atoms with Gasteiger partial charge in [0.05, 0.1) is 12.3 Å². The van der Waals surface area contributed by atoms with Gasteiger partial charge in [0.15, 0.2) is 6.61 Å². The molecule has 0 saturated carbocycles. The van der Waals surface area contributed by atoms with Gasteiger partial charge < -0.3 is 14.8 Å². The Balaban J connectivity index is 1.82. The van der Waals surface area contributed by atoms with Crippen molar-refractivity contribution >= 4 is 29.7 Å². The van der Waals surface area contributed by atoms with Crippen LogP contribution in [0.25, 0.3) is 6.08 Å². The van der Waals surface area contributed by atoms with Crippen LogP contribution in [0.3, 0.4) is 0 Å². The lowest BCUT2D eigenvalue weighted by Gasteiger charge is -2.11. The first-order valence-corrected chi connectivity index (χ1v) is 8.39. The molecule has 0 bridgehead atoms. The van der Waals surface area contributed by atoms with Crippen molar-refractivity contribution in [3.8, 4) is 5.75 Å². The van der Waals surface area contributed by atoms with Crippen LogP contribution in [-0.4, -0.2) is 31.1 Å². The summed E-state index contributed by atoms with van der Waals surface area (Å²) in [6, 6.07) is 15.0. The van der Waals surface area contributed by atoms with Crippen LogP contribution < -0.4 is 15.0 Å². The Morgan fingerprint density at radius 1 is 1.07 bits per heavy atom. The van der Waals surface area contributed by atoms with Crippen molar-refractivity contribution in [1.29, 1.82) is 0 Å². The summed E-state index contributed by atoms with van der Waals surface area (Å²) in [7, 11) is 0. The number of hydrogen-bond acceptors (Lipinski definition) is 5. The maximum atomic E-state index is 12.6. The number of nitrogens with zero attached hydrogens (tertiary/aromatic N) is 1. The zero-order valence-electron chi connectivity index (χ0n) is 14.7. The lowest BCUT2D eigenvalue weighted by atomic mass is 10.1. The summed E-state index contributed by atoms with van der Waals surface area (Å²) in [5.74, 6) is -0.551. The zero-order chi connectivity index (χ0) is 19.2. The molecule has 1 aliphatic rings. The molecule has 3 amide bonds. The van der Waals surface area contributed by atoms with E-state index in [9.17, 15) is 14.4 Å². The van der Waals surface area contributed by atoms with E-state index in [1.54, 1.807) is 61.5 Å². The molecule has 0 spiro atoms. The molecule has 7 nitrogen and oxygen atoms in total. The van der Waals surface area contributed by atoms with E-state index in [1.165, 1.54) is 6.08 Å². The molecule has 1 N–H and O–H groups in total. The Labute approximate surface area is 156 Å². The van der Waals surface area contributed by atoms with Gasteiger partial charge in [-0.05, 0) is 31.2 Å². The quantitative estimate of drug-likeness (QED) is 0.483. The number of urea groups is 1. The van der Waals surface area contributed by atoms with Crippen molar-refractivity contribution in [2.24, 2.45) is 0 Å². The van der Waals surface area contributed by atoms with E-state index in [0.29, 0.717) is 17.0 Å². The first-order valence-electron chi connectivity index (χ1n) is 8.39. The van der Waals surface area contributed by atoms with Crippen molar-refractivity contribution in [3.05, 3.63) is 65.9 Å². The fraction of sp³-hybridized carbons (Fsp3) is 0.150. The van der Waals surface area contributed by atoms with E-state index in [0.717, 1.165) is 4.90 Å². The second-order valence-electron chi connectivity index (χ2n) is 5.60. The highest BCUT2D eigenvalue weighted by Gasteiger charge is 2.34. The van der Waals surface area contributed by atoms with Crippen LogP contribution in [0.2, 0.25) is 0 Å². The van der Waals surface area contributed by atoms with Gasteiger partial charge in [-0.2, -0.15) is 0 Å². The van der Waals surface area contributed by atoms with Crippen LogP contribution in [0, 0.1) is 0 Å². The summed E-state index contributed by atoms with van der Waals surface area (Å²) in [4.78, 5) is 37.4. The maximum absolute atomic E-state index is 12.6. The summed E-state index contributed by atoms with van der Waals surface area (Å²) < 4.78 is 10.3. The molecule has 27 heavy (non-hydrogen) atoms. The summed E-state index contributed by atoms with van der Waals surface area (Å²) in [5, 5.41) is 2.56. The van der Waals surface area contributed by atoms with E-state index in [4.69, 9.17) is 9.47 Å². The number of nitrogens with one attached hydrogen (secondary N) is 1. The Morgan fingerprint density at radius 2 is 1.78 bits per heavy atom. The third kappa shape index (κ3) is 4.14. The molecule has 1 aliphatic heterocycles. The minimum absolute atomic E-state index is 0.121. The number of ether oxygens (including phenoxy) is 2. The van der Waals surface area contributed by atoms with Gasteiger partial charge in [-0.25, -0.2) is 14.5 Å². The number of para-hydroxylation sites is 2.